The quantitative estimate of drug-likeness (QED) is 0.727. The zero-order valence-electron chi connectivity index (χ0n) is 13.6. The molecule has 124 valence electrons. The molecule has 0 aliphatic carbocycles. The third kappa shape index (κ3) is 2.92. The van der Waals surface area contributed by atoms with Gasteiger partial charge in [0.15, 0.2) is 5.82 Å². The Morgan fingerprint density at radius 2 is 1.88 bits per heavy atom. The maximum Gasteiger partial charge on any atom is 0.156 e. The van der Waals surface area contributed by atoms with E-state index in [4.69, 9.17) is 4.74 Å². The molecule has 2 aromatic heterocycles. The van der Waals surface area contributed by atoms with Crippen LogP contribution in [0.15, 0.2) is 36.5 Å². The number of anilines is 2. The Hall–Kier alpha value is -2.25. The van der Waals surface area contributed by atoms with Gasteiger partial charge in [0.25, 0.3) is 0 Å². The van der Waals surface area contributed by atoms with E-state index in [9.17, 15) is 0 Å². The van der Waals surface area contributed by atoms with Gasteiger partial charge in [0.2, 0.25) is 0 Å². The SMILES string of the molecule is COCc1nccc(N2CCN(c3nsc4ccccc34)CC2)n1. The summed E-state index contributed by atoms with van der Waals surface area (Å²) in [6.45, 7) is 4.18. The molecule has 0 unspecified atom stereocenters. The zero-order valence-corrected chi connectivity index (χ0v) is 14.4. The van der Waals surface area contributed by atoms with Crippen LogP contribution < -0.4 is 9.80 Å². The number of benzene rings is 1. The average molecular weight is 341 g/mol. The summed E-state index contributed by atoms with van der Waals surface area (Å²) in [5, 5.41) is 1.25. The maximum atomic E-state index is 5.12. The van der Waals surface area contributed by atoms with Gasteiger partial charge in [0.1, 0.15) is 18.2 Å². The summed E-state index contributed by atoms with van der Waals surface area (Å²) in [4.78, 5) is 13.5. The van der Waals surface area contributed by atoms with E-state index in [1.165, 1.54) is 10.1 Å². The molecule has 7 heteroatoms. The Balaban J connectivity index is 1.48. The predicted octanol–water partition coefficient (Wildman–Crippen LogP) is 2.56. The van der Waals surface area contributed by atoms with Gasteiger partial charge in [0.05, 0.1) is 4.70 Å². The Morgan fingerprint density at radius 1 is 1.08 bits per heavy atom. The van der Waals surface area contributed by atoms with Gasteiger partial charge in [-0.1, -0.05) is 12.1 Å². The van der Waals surface area contributed by atoms with E-state index in [0.717, 1.165) is 43.6 Å². The van der Waals surface area contributed by atoms with Gasteiger partial charge in [-0.2, -0.15) is 4.37 Å². The summed E-state index contributed by atoms with van der Waals surface area (Å²) in [7, 11) is 1.66. The number of rotatable bonds is 4. The Bertz CT molecular complexity index is 828. The fraction of sp³-hybridized carbons (Fsp3) is 0.353. The molecule has 0 radical (unpaired) electrons. The van der Waals surface area contributed by atoms with E-state index >= 15 is 0 Å². The monoisotopic (exact) mass is 341 g/mol. The minimum Gasteiger partial charge on any atom is -0.377 e. The molecule has 0 atom stereocenters. The zero-order chi connectivity index (χ0) is 16.4. The smallest absolute Gasteiger partial charge is 0.156 e. The van der Waals surface area contributed by atoms with Crippen molar-refractivity contribution in [3.63, 3.8) is 0 Å². The summed E-state index contributed by atoms with van der Waals surface area (Å²) < 4.78 is 11.0. The number of fused-ring (bicyclic) bond motifs is 1. The van der Waals surface area contributed by atoms with Crippen molar-refractivity contribution in [1.29, 1.82) is 0 Å². The minimum atomic E-state index is 0.443. The summed E-state index contributed by atoms with van der Waals surface area (Å²) in [5.74, 6) is 2.81. The molecular formula is C17H19N5OS. The maximum absolute atomic E-state index is 5.12. The highest BCUT2D eigenvalue weighted by Crippen LogP contribution is 2.30. The van der Waals surface area contributed by atoms with E-state index in [-0.39, 0.29) is 0 Å². The molecule has 1 aromatic carbocycles. The van der Waals surface area contributed by atoms with Crippen LogP contribution in [-0.2, 0) is 11.3 Å². The number of hydrogen-bond donors (Lipinski definition) is 0. The molecule has 24 heavy (non-hydrogen) atoms. The molecular weight excluding hydrogens is 322 g/mol. The summed E-state index contributed by atoms with van der Waals surface area (Å²) >= 11 is 1.57. The van der Waals surface area contributed by atoms with Crippen LogP contribution in [0.4, 0.5) is 11.6 Å². The molecule has 0 amide bonds. The van der Waals surface area contributed by atoms with Crippen LogP contribution in [0.5, 0.6) is 0 Å². The highest BCUT2D eigenvalue weighted by atomic mass is 32.1. The van der Waals surface area contributed by atoms with E-state index in [1.807, 2.05) is 6.07 Å². The third-order valence-corrected chi connectivity index (χ3v) is 5.04. The first kappa shape index (κ1) is 15.3. The van der Waals surface area contributed by atoms with Crippen molar-refractivity contribution >= 4 is 33.3 Å². The molecule has 3 heterocycles. The van der Waals surface area contributed by atoms with Gasteiger partial charge in [-0.15, -0.1) is 0 Å². The first-order valence-corrected chi connectivity index (χ1v) is 8.77. The molecule has 1 fully saturated rings. The van der Waals surface area contributed by atoms with E-state index in [0.29, 0.717) is 6.61 Å². The topological polar surface area (TPSA) is 54.4 Å². The van der Waals surface area contributed by atoms with Gasteiger partial charge >= 0.3 is 0 Å². The van der Waals surface area contributed by atoms with Crippen LogP contribution in [-0.4, -0.2) is 47.6 Å². The van der Waals surface area contributed by atoms with Crippen LogP contribution in [0.3, 0.4) is 0 Å². The van der Waals surface area contributed by atoms with Gasteiger partial charge in [-0.25, -0.2) is 9.97 Å². The highest BCUT2D eigenvalue weighted by molar-refractivity contribution is 7.13. The molecule has 4 rings (SSSR count). The van der Waals surface area contributed by atoms with Crippen LogP contribution in [0.25, 0.3) is 10.1 Å². The van der Waals surface area contributed by atoms with Crippen LogP contribution in [0.2, 0.25) is 0 Å². The molecule has 0 N–H and O–H groups in total. The fourth-order valence-electron chi connectivity index (χ4n) is 3.01. The average Bonchev–Trinajstić information content (AvgIpc) is 3.07. The molecule has 3 aromatic rings. The van der Waals surface area contributed by atoms with Crippen molar-refractivity contribution in [3.05, 3.63) is 42.4 Å². The number of piperazine rings is 1. The third-order valence-electron chi connectivity index (χ3n) is 4.23. The molecule has 0 spiro atoms. The van der Waals surface area contributed by atoms with Gasteiger partial charge in [-0.3, -0.25) is 0 Å². The largest absolute Gasteiger partial charge is 0.377 e. The fourth-order valence-corrected chi connectivity index (χ4v) is 3.81. The molecule has 6 nitrogen and oxygen atoms in total. The number of ether oxygens (including phenoxy) is 1. The Kier molecular flexibility index (Phi) is 4.27. The lowest BCUT2D eigenvalue weighted by atomic mass is 10.2. The number of methoxy groups -OCH3 is 1. The molecule has 1 aliphatic rings. The lowest BCUT2D eigenvalue weighted by Gasteiger charge is -2.35. The van der Waals surface area contributed by atoms with Crippen molar-refractivity contribution in [1.82, 2.24) is 14.3 Å². The lowest BCUT2D eigenvalue weighted by Crippen LogP contribution is -2.47. The van der Waals surface area contributed by atoms with Crippen molar-refractivity contribution in [3.8, 4) is 0 Å². The van der Waals surface area contributed by atoms with Gasteiger partial charge < -0.3 is 14.5 Å². The second kappa shape index (κ2) is 6.70. The Morgan fingerprint density at radius 3 is 2.71 bits per heavy atom. The molecule has 0 bridgehead atoms. The van der Waals surface area contributed by atoms with E-state index in [1.54, 1.807) is 24.8 Å². The second-order valence-electron chi connectivity index (χ2n) is 5.74. The standard InChI is InChI=1S/C17H19N5OS/c1-23-12-15-18-7-6-16(19-15)21-8-10-22(11-9-21)17-13-4-2-3-5-14(13)24-20-17/h2-7H,8-12H2,1H3. The van der Waals surface area contributed by atoms with Crippen LogP contribution in [0, 0.1) is 0 Å². The second-order valence-corrected chi connectivity index (χ2v) is 6.55. The molecule has 1 aliphatic heterocycles. The number of nitrogens with zero attached hydrogens (tertiary/aromatic N) is 5. The number of hydrogen-bond acceptors (Lipinski definition) is 7. The molecule has 1 saturated heterocycles. The predicted molar refractivity (Wildman–Crippen MR) is 96.8 cm³/mol. The molecule has 0 saturated carbocycles. The summed E-state index contributed by atoms with van der Waals surface area (Å²) in [6.07, 6.45) is 1.80. The van der Waals surface area contributed by atoms with Gasteiger partial charge in [0, 0.05) is 44.9 Å². The van der Waals surface area contributed by atoms with Crippen molar-refractivity contribution < 1.29 is 4.74 Å². The van der Waals surface area contributed by atoms with Crippen LogP contribution >= 0.6 is 11.5 Å². The van der Waals surface area contributed by atoms with Gasteiger partial charge in [-0.05, 0) is 29.7 Å². The minimum absolute atomic E-state index is 0.443. The van der Waals surface area contributed by atoms with Crippen LogP contribution in [0.1, 0.15) is 5.82 Å². The summed E-state index contributed by atoms with van der Waals surface area (Å²) in [6, 6.07) is 10.4. The van der Waals surface area contributed by atoms with Crippen molar-refractivity contribution in [2.45, 2.75) is 6.61 Å². The van der Waals surface area contributed by atoms with Crippen molar-refractivity contribution in [2.24, 2.45) is 0 Å². The first-order chi connectivity index (χ1) is 11.8. The van der Waals surface area contributed by atoms with E-state index in [2.05, 4.69) is 48.4 Å². The van der Waals surface area contributed by atoms with Crippen molar-refractivity contribution in [2.75, 3.05) is 43.1 Å². The van der Waals surface area contributed by atoms with E-state index < -0.39 is 0 Å². The highest BCUT2D eigenvalue weighted by Gasteiger charge is 2.21. The number of aromatic nitrogens is 3. The Labute approximate surface area is 144 Å². The lowest BCUT2D eigenvalue weighted by molar-refractivity contribution is 0.178. The first-order valence-electron chi connectivity index (χ1n) is 8.00. The normalized spacial score (nSPS) is 15.2. The summed E-state index contributed by atoms with van der Waals surface area (Å²) in [5.41, 5.74) is 0.